The summed E-state index contributed by atoms with van der Waals surface area (Å²) in [7, 11) is 0. The maximum absolute atomic E-state index is 13.2. The van der Waals surface area contributed by atoms with Crippen LogP contribution in [0, 0.1) is 0 Å². The van der Waals surface area contributed by atoms with Crippen molar-refractivity contribution < 1.29 is 18.3 Å². The van der Waals surface area contributed by atoms with Gasteiger partial charge < -0.3 is 10.4 Å². The second-order valence-electron chi connectivity index (χ2n) is 5.54. The van der Waals surface area contributed by atoms with Gasteiger partial charge in [0.1, 0.15) is 0 Å². The summed E-state index contributed by atoms with van der Waals surface area (Å²) in [5.74, 6) is 0. The van der Waals surface area contributed by atoms with Crippen molar-refractivity contribution in [2.24, 2.45) is 0 Å². The van der Waals surface area contributed by atoms with E-state index < -0.39 is 17.8 Å². The number of halogens is 3. The maximum Gasteiger partial charge on any atom is 0.416 e. The summed E-state index contributed by atoms with van der Waals surface area (Å²) in [6.45, 7) is 3.68. The van der Waals surface area contributed by atoms with Gasteiger partial charge in [0.05, 0.1) is 11.7 Å². The highest BCUT2D eigenvalue weighted by atomic mass is 32.2. The highest BCUT2D eigenvalue weighted by Crippen LogP contribution is 2.36. The Hall–Kier alpha value is -0.720. The van der Waals surface area contributed by atoms with Crippen molar-refractivity contribution in [1.82, 2.24) is 5.32 Å². The average Bonchev–Trinajstić information content (AvgIpc) is 3.20. The summed E-state index contributed by atoms with van der Waals surface area (Å²) < 4.78 is 39.5. The van der Waals surface area contributed by atoms with Crippen LogP contribution in [0.15, 0.2) is 23.1 Å². The lowest BCUT2D eigenvalue weighted by Crippen LogP contribution is -2.19. The third kappa shape index (κ3) is 4.90. The van der Waals surface area contributed by atoms with Gasteiger partial charge in [0.15, 0.2) is 0 Å². The zero-order valence-electron chi connectivity index (χ0n) is 12.1. The summed E-state index contributed by atoms with van der Waals surface area (Å²) in [6, 6.07) is 4.79. The minimum Gasteiger partial charge on any atom is -0.392 e. The molecule has 1 fully saturated rings. The molecule has 6 heteroatoms. The van der Waals surface area contributed by atoms with Crippen LogP contribution in [0.3, 0.4) is 0 Å². The van der Waals surface area contributed by atoms with E-state index >= 15 is 0 Å². The molecule has 2 atom stereocenters. The van der Waals surface area contributed by atoms with Crippen LogP contribution in [0.25, 0.3) is 0 Å². The van der Waals surface area contributed by atoms with Crippen LogP contribution in [-0.2, 0) is 12.7 Å². The zero-order valence-corrected chi connectivity index (χ0v) is 12.9. The molecule has 0 aromatic heterocycles. The van der Waals surface area contributed by atoms with Crippen LogP contribution in [-0.4, -0.2) is 22.5 Å². The smallest absolute Gasteiger partial charge is 0.392 e. The Kier molecular flexibility index (Phi) is 5.22. The first kappa shape index (κ1) is 16.6. The van der Waals surface area contributed by atoms with Crippen molar-refractivity contribution >= 4 is 11.8 Å². The average molecular weight is 319 g/mol. The lowest BCUT2D eigenvalue weighted by atomic mass is 10.1. The molecule has 2 nitrogen and oxygen atoms in total. The lowest BCUT2D eigenvalue weighted by Gasteiger charge is -2.18. The van der Waals surface area contributed by atoms with Crippen LogP contribution in [0.5, 0.6) is 0 Å². The van der Waals surface area contributed by atoms with Crippen molar-refractivity contribution in [1.29, 1.82) is 0 Å². The standard InChI is InChI=1S/C15H20F3NOS/c1-9(20)10(2)21-13-6-3-11(8-19-12-4-5-12)14(7-13)15(16,17)18/h3,6-7,9-10,12,19-20H,4-5,8H2,1-2H3. The number of thioether (sulfide) groups is 1. The van der Waals surface area contributed by atoms with Gasteiger partial charge in [-0.05, 0) is 37.5 Å². The molecule has 1 aliphatic carbocycles. The summed E-state index contributed by atoms with van der Waals surface area (Å²) in [5.41, 5.74) is -0.304. The molecule has 0 bridgehead atoms. The molecular weight excluding hydrogens is 299 g/mol. The third-order valence-corrected chi connectivity index (χ3v) is 4.84. The molecular formula is C15H20F3NOS. The number of rotatable bonds is 6. The minimum atomic E-state index is -4.36. The van der Waals surface area contributed by atoms with E-state index in [9.17, 15) is 18.3 Å². The Labute approximate surface area is 127 Å². The fourth-order valence-electron chi connectivity index (χ4n) is 1.90. The highest BCUT2D eigenvalue weighted by Gasteiger charge is 2.34. The molecule has 21 heavy (non-hydrogen) atoms. The third-order valence-electron chi connectivity index (χ3n) is 3.55. The summed E-state index contributed by atoms with van der Waals surface area (Å²) in [6.07, 6.45) is -2.84. The Morgan fingerprint density at radius 2 is 2.00 bits per heavy atom. The first-order valence-electron chi connectivity index (χ1n) is 7.05. The SMILES string of the molecule is CC(O)C(C)Sc1ccc(CNC2CC2)c(C(F)(F)F)c1. The predicted octanol–water partition coefficient (Wildman–Crippen LogP) is 3.82. The Bertz CT molecular complexity index is 486. The molecule has 0 spiro atoms. The molecule has 2 unspecified atom stereocenters. The van der Waals surface area contributed by atoms with E-state index in [1.54, 1.807) is 19.9 Å². The maximum atomic E-state index is 13.2. The van der Waals surface area contributed by atoms with Gasteiger partial charge in [-0.3, -0.25) is 0 Å². The van der Waals surface area contributed by atoms with E-state index in [1.807, 2.05) is 0 Å². The zero-order chi connectivity index (χ0) is 15.6. The number of nitrogens with one attached hydrogen (secondary N) is 1. The van der Waals surface area contributed by atoms with Crippen LogP contribution in [0.4, 0.5) is 13.2 Å². The first-order chi connectivity index (χ1) is 9.77. The van der Waals surface area contributed by atoms with Crippen molar-refractivity contribution in [3.63, 3.8) is 0 Å². The van der Waals surface area contributed by atoms with Gasteiger partial charge in [-0.15, -0.1) is 11.8 Å². The van der Waals surface area contributed by atoms with E-state index in [1.165, 1.54) is 23.9 Å². The summed E-state index contributed by atoms with van der Waals surface area (Å²) in [4.78, 5) is 0.533. The molecule has 2 N–H and O–H groups in total. The van der Waals surface area contributed by atoms with Gasteiger partial charge >= 0.3 is 6.18 Å². The van der Waals surface area contributed by atoms with Crippen molar-refractivity contribution in [3.05, 3.63) is 29.3 Å². The van der Waals surface area contributed by atoms with Crippen LogP contribution in [0.1, 0.15) is 37.8 Å². The summed E-state index contributed by atoms with van der Waals surface area (Å²) >= 11 is 1.26. The van der Waals surface area contributed by atoms with E-state index in [-0.39, 0.29) is 17.4 Å². The second-order valence-corrected chi connectivity index (χ2v) is 6.99. The number of aliphatic hydroxyl groups excluding tert-OH is 1. The second kappa shape index (κ2) is 6.58. The molecule has 1 saturated carbocycles. The van der Waals surface area contributed by atoms with Crippen LogP contribution >= 0.6 is 11.8 Å². The van der Waals surface area contributed by atoms with E-state index in [2.05, 4.69) is 5.32 Å². The number of hydrogen-bond acceptors (Lipinski definition) is 3. The highest BCUT2D eigenvalue weighted by molar-refractivity contribution is 8.00. The number of aliphatic hydroxyl groups is 1. The monoisotopic (exact) mass is 319 g/mol. The summed E-state index contributed by atoms with van der Waals surface area (Å²) in [5, 5.41) is 12.4. The molecule has 0 radical (unpaired) electrons. The molecule has 0 saturated heterocycles. The van der Waals surface area contributed by atoms with Crippen LogP contribution in [0.2, 0.25) is 0 Å². The molecule has 2 rings (SSSR count). The van der Waals surface area contributed by atoms with Crippen LogP contribution < -0.4 is 5.32 Å². The number of benzene rings is 1. The molecule has 0 aliphatic heterocycles. The fraction of sp³-hybridized carbons (Fsp3) is 0.600. The molecule has 1 aromatic carbocycles. The van der Waals surface area contributed by atoms with Gasteiger partial charge in [-0.1, -0.05) is 13.0 Å². The largest absolute Gasteiger partial charge is 0.416 e. The van der Waals surface area contributed by atoms with E-state index in [4.69, 9.17) is 0 Å². The Morgan fingerprint density at radius 3 is 2.52 bits per heavy atom. The fourth-order valence-corrected chi connectivity index (χ4v) is 2.86. The van der Waals surface area contributed by atoms with Gasteiger partial charge in [0.2, 0.25) is 0 Å². The van der Waals surface area contributed by atoms with E-state index in [0.717, 1.165) is 12.8 Å². The van der Waals surface area contributed by atoms with Gasteiger partial charge in [0, 0.05) is 22.7 Å². The number of alkyl halides is 3. The topological polar surface area (TPSA) is 32.3 Å². The Balaban J connectivity index is 2.17. The molecule has 1 aromatic rings. The van der Waals surface area contributed by atoms with Crippen molar-refractivity contribution in [2.75, 3.05) is 0 Å². The molecule has 0 heterocycles. The number of hydrogen-bond donors (Lipinski definition) is 2. The normalized spacial score (nSPS) is 18.6. The van der Waals surface area contributed by atoms with E-state index in [0.29, 0.717) is 10.9 Å². The van der Waals surface area contributed by atoms with Crippen molar-refractivity contribution in [2.45, 2.75) is 61.7 Å². The molecule has 118 valence electrons. The predicted molar refractivity (Wildman–Crippen MR) is 78.3 cm³/mol. The molecule has 0 amide bonds. The van der Waals surface area contributed by atoms with Gasteiger partial charge in [0.25, 0.3) is 0 Å². The van der Waals surface area contributed by atoms with Crippen molar-refractivity contribution in [3.8, 4) is 0 Å². The first-order valence-corrected chi connectivity index (χ1v) is 7.93. The van der Waals surface area contributed by atoms with Gasteiger partial charge in [-0.25, -0.2) is 0 Å². The molecule has 1 aliphatic rings. The Morgan fingerprint density at radius 1 is 1.33 bits per heavy atom. The minimum absolute atomic E-state index is 0.151. The lowest BCUT2D eigenvalue weighted by molar-refractivity contribution is -0.138. The quantitative estimate of drug-likeness (QED) is 0.782. The van der Waals surface area contributed by atoms with Gasteiger partial charge in [-0.2, -0.15) is 13.2 Å².